The van der Waals surface area contributed by atoms with Crippen LogP contribution in [-0.4, -0.2) is 11.1 Å². The minimum absolute atomic E-state index is 0.722. The van der Waals surface area contributed by atoms with Gasteiger partial charge in [0.15, 0.2) is 0 Å². The summed E-state index contributed by atoms with van der Waals surface area (Å²) in [7, 11) is 0. The van der Waals surface area contributed by atoms with E-state index >= 15 is 0 Å². The van der Waals surface area contributed by atoms with Crippen molar-refractivity contribution in [3.63, 3.8) is 0 Å². The maximum absolute atomic E-state index is 5.69. The molecule has 2 N–H and O–H groups in total. The molecule has 2 rings (SSSR count). The van der Waals surface area contributed by atoms with Crippen molar-refractivity contribution in [1.29, 1.82) is 0 Å². The Bertz CT molecular complexity index is 497. The normalized spacial score (nSPS) is 11.6. The van der Waals surface area contributed by atoms with Crippen LogP contribution in [0.25, 0.3) is 10.9 Å². The second-order valence-electron chi connectivity index (χ2n) is 5.44. The van der Waals surface area contributed by atoms with Gasteiger partial charge in [-0.3, -0.25) is 0 Å². The summed E-state index contributed by atoms with van der Waals surface area (Å²) < 4.78 is 2.39. The maximum atomic E-state index is 5.69. The van der Waals surface area contributed by atoms with E-state index in [9.17, 15) is 0 Å². The molecule has 2 aromatic rings. The van der Waals surface area contributed by atoms with Crippen LogP contribution < -0.4 is 5.73 Å². The molecule has 18 heavy (non-hydrogen) atoms. The van der Waals surface area contributed by atoms with E-state index in [1.165, 1.54) is 29.3 Å². The molecular formula is C16H24N2. The van der Waals surface area contributed by atoms with E-state index in [1.54, 1.807) is 0 Å². The number of hydrogen-bond acceptors (Lipinski definition) is 1. The summed E-state index contributed by atoms with van der Waals surface area (Å²) in [5, 5.41) is 1.37. The van der Waals surface area contributed by atoms with Crippen LogP contribution in [0.15, 0.2) is 30.5 Å². The molecule has 2 heteroatoms. The predicted octanol–water partition coefficient (Wildman–Crippen LogP) is 3.58. The van der Waals surface area contributed by atoms with Crippen molar-refractivity contribution in [3.8, 4) is 0 Å². The first-order valence-electron chi connectivity index (χ1n) is 6.99. The lowest BCUT2D eigenvalue weighted by Crippen LogP contribution is -2.02. The fourth-order valence-corrected chi connectivity index (χ4v) is 2.53. The predicted molar refractivity (Wildman–Crippen MR) is 78.8 cm³/mol. The quantitative estimate of drug-likeness (QED) is 0.827. The van der Waals surface area contributed by atoms with Crippen molar-refractivity contribution in [2.45, 2.75) is 39.7 Å². The molecule has 0 saturated heterocycles. The third-order valence-electron chi connectivity index (χ3n) is 3.47. The van der Waals surface area contributed by atoms with Crippen LogP contribution in [0.3, 0.4) is 0 Å². The van der Waals surface area contributed by atoms with Gasteiger partial charge in [0.2, 0.25) is 0 Å². The smallest absolute Gasteiger partial charge is 0.0483 e. The molecule has 2 nitrogen and oxygen atoms in total. The molecule has 0 aliphatic rings. The average molecular weight is 244 g/mol. The molecule has 0 aliphatic heterocycles. The number of hydrogen-bond donors (Lipinski definition) is 1. The van der Waals surface area contributed by atoms with Crippen LogP contribution in [0.1, 0.15) is 32.3 Å². The van der Waals surface area contributed by atoms with Crippen molar-refractivity contribution in [2.75, 3.05) is 6.54 Å². The third-order valence-corrected chi connectivity index (χ3v) is 3.47. The minimum Gasteiger partial charge on any atom is -0.347 e. The molecular weight excluding hydrogens is 220 g/mol. The summed E-state index contributed by atoms with van der Waals surface area (Å²) in [5.74, 6) is 0.787. The first-order valence-corrected chi connectivity index (χ1v) is 6.99. The highest BCUT2D eigenvalue weighted by molar-refractivity contribution is 5.84. The van der Waals surface area contributed by atoms with Crippen LogP contribution in [0.4, 0.5) is 0 Å². The zero-order valence-electron chi connectivity index (χ0n) is 11.5. The summed E-state index contributed by atoms with van der Waals surface area (Å²) in [4.78, 5) is 0. The molecule has 1 aromatic heterocycles. The van der Waals surface area contributed by atoms with Gasteiger partial charge >= 0.3 is 0 Å². The standard InChI is InChI=1S/C16H24N2/c1-13(2)6-5-11-18-12-14(9-10-17)15-7-3-4-8-16(15)18/h3-4,7-8,12-13H,5-6,9-11,17H2,1-2H3. The fourth-order valence-electron chi connectivity index (χ4n) is 2.53. The summed E-state index contributed by atoms with van der Waals surface area (Å²) in [6, 6.07) is 8.65. The molecule has 98 valence electrons. The molecule has 1 aromatic carbocycles. The van der Waals surface area contributed by atoms with Crippen LogP contribution in [0, 0.1) is 5.92 Å². The lowest BCUT2D eigenvalue weighted by molar-refractivity contribution is 0.517. The van der Waals surface area contributed by atoms with Gasteiger partial charge in [-0.05, 0) is 43.4 Å². The Labute approximate surface area is 110 Å². The van der Waals surface area contributed by atoms with Crippen LogP contribution in [-0.2, 0) is 13.0 Å². The molecule has 0 saturated carbocycles. The first-order chi connectivity index (χ1) is 8.72. The average Bonchev–Trinajstić information content (AvgIpc) is 2.69. The van der Waals surface area contributed by atoms with Gasteiger partial charge in [0, 0.05) is 23.6 Å². The second-order valence-corrected chi connectivity index (χ2v) is 5.44. The number of nitrogens with zero attached hydrogens (tertiary/aromatic N) is 1. The Kier molecular flexibility index (Phi) is 4.43. The van der Waals surface area contributed by atoms with Crippen molar-refractivity contribution in [1.82, 2.24) is 4.57 Å². The van der Waals surface area contributed by atoms with Crippen molar-refractivity contribution in [3.05, 3.63) is 36.0 Å². The van der Waals surface area contributed by atoms with E-state index in [2.05, 4.69) is 48.9 Å². The number of aryl methyl sites for hydroxylation is 1. The van der Waals surface area contributed by atoms with Crippen molar-refractivity contribution < 1.29 is 0 Å². The summed E-state index contributed by atoms with van der Waals surface area (Å²) in [6.45, 7) is 6.41. The van der Waals surface area contributed by atoms with Gasteiger partial charge in [-0.1, -0.05) is 32.0 Å². The SMILES string of the molecule is CC(C)CCCn1cc(CCN)c2ccccc21. The van der Waals surface area contributed by atoms with Gasteiger partial charge in [0.1, 0.15) is 0 Å². The molecule has 0 aliphatic carbocycles. The Morgan fingerprint density at radius 3 is 2.72 bits per heavy atom. The van der Waals surface area contributed by atoms with Gasteiger partial charge in [0.05, 0.1) is 0 Å². The largest absolute Gasteiger partial charge is 0.347 e. The Balaban J connectivity index is 2.21. The van der Waals surface area contributed by atoms with E-state index in [-0.39, 0.29) is 0 Å². The number of aromatic nitrogens is 1. The number of para-hydroxylation sites is 1. The lowest BCUT2D eigenvalue weighted by Gasteiger charge is -2.07. The van der Waals surface area contributed by atoms with E-state index in [4.69, 9.17) is 5.73 Å². The highest BCUT2D eigenvalue weighted by atomic mass is 15.0. The van der Waals surface area contributed by atoms with Crippen LogP contribution in [0.2, 0.25) is 0 Å². The molecule has 0 unspecified atom stereocenters. The minimum atomic E-state index is 0.722. The molecule has 1 heterocycles. The Morgan fingerprint density at radius 1 is 1.22 bits per heavy atom. The molecule has 0 spiro atoms. The summed E-state index contributed by atoms with van der Waals surface area (Å²) in [6.07, 6.45) is 5.80. The third kappa shape index (κ3) is 2.94. The monoisotopic (exact) mass is 244 g/mol. The Morgan fingerprint density at radius 2 is 2.00 bits per heavy atom. The molecule has 0 atom stereocenters. The summed E-state index contributed by atoms with van der Waals surface area (Å²) in [5.41, 5.74) is 8.43. The first kappa shape index (κ1) is 13.2. The highest BCUT2D eigenvalue weighted by Gasteiger charge is 2.07. The van der Waals surface area contributed by atoms with Gasteiger partial charge in [0.25, 0.3) is 0 Å². The number of fused-ring (bicyclic) bond motifs is 1. The number of nitrogens with two attached hydrogens (primary N) is 1. The van der Waals surface area contributed by atoms with Gasteiger partial charge in [-0.25, -0.2) is 0 Å². The van der Waals surface area contributed by atoms with Crippen molar-refractivity contribution >= 4 is 10.9 Å². The van der Waals surface area contributed by atoms with E-state index < -0.39 is 0 Å². The molecule has 0 fully saturated rings. The molecule has 0 bridgehead atoms. The number of benzene rings is 1. The zero-order chi connectivity index (χ0) is 13.0. The maximum Gasteiger partial charge on any atom is 0.0483 e. The van der Waals surface area contributed by atoms with E-state index in [0.717, 1.165) is 25.4 Å². The summed E-state index contributed by atoms with van der Waals surface area (Å²) >= 11 is 0. The molecule has 0 radical (unpaired) electrons. The van der Waals surface area contributed by atoms with E-state index in [1.807, 2.05) is 0 Å². The van der Waals surface area contributed by atoms with Gasteiger partial charge in [-0.2, -0.15) is 0 Å². The van der Waals surface area contributed by atoms with Gasteiger partial charge < -0.3 is 10.3 Å². The fraction of sp³-hybridized carbons (Fsp3) is 0.500. The zero-order valence-corrected chi connectivity index (χ0v) is 11.5. The lowest BCUT2D eigenvalue weighted by atomic mass is 10.1. The van der Waals surface area contributed by atoms with Crippen LogP contribution in [0.5, 0.6) is 0 Å². The van der Waals surface area contributed by atoms with Crippen LogP contribution >= 0.6 is 0 Å². The van der Waals surface area contributed by atoms with Crippen molar-refractivity contribution in [2.24, 2.45) is 11.7 Å². The highest BCUT2D eigenvalue weighted by Crippen LogP contribution is 2.22. The molecule has 0 amide bonds. The van der Waals surface area contributed by atoms with Gasteiger partial charge in [-0.15, -0.1) is 0 Å². The number of rotatable bonds is 6. The topological polar surface area (TPSA) is 30.9 Å². The Hall–Kier alpha value is -1.28. The van der Waals surface area contributed by atoms with E-state index in [0.29, 0.717) is 0 Å². The second kappa shape index (κ2) is 6.05.